The minimum absolute atomic E-state index is 0.0531. The summed E-state index contributed by atoms with van der Waals surface area (Å²) in [6.07, 6.45) is 0. The molecule has 0 N–H and O–H groups in total. The highest BCUT2D eigenvalue weighted by Crippen LogP contribution is 2.16. The first-order chi connectivity index (χ1) is 8.34. The Morgan fingerprint density at radius 1 is 1.28 bits per heavy atom. The van der Waals surface area contributed by atoms with Crippen molar-refractivity contribution in [3.05, 3.63) is 25.6 Å². The van der Waals surface area contributed by atoms with E-state index >= 15 is 0 Å². The number of hydrogen-bond donors (Lipinski definition) is 0. The summed E-state index contributed by atoms with van der Waals surface area (Å²) in [5.74, 6) is -0.0943. The van der Waals surface area contributed by atoms with Gasteiger partial charge in [0.1, 0.15) is 5.78 Å². The Hall–Kier alpha value is -1.70. The number of nitrogens with zero attached hydrogens (tertiary/aromatic N) is 4. The molecule has 18 heavy (non-hydrogen) atoms. The van der Waals surface area contributed by atoms with Crippen molar-refractivity contribution in [2.45, 2.75) is 13.5 Å². The van der Waals surface area contributed by atoms with Gasteiger partial charge in [0.05, 0.1) is 6.54 Å². The Bertz CT molecular complexity index is 768. The summed E-state index contributed by atoms with van der Waals surface area (Å²) in [7, 11) is 2.93. The van der Waals surface area contributed by atoms with Crippen molar-refractivity contribution < 1.29 is 4.79 Å². The van der Waals surface area contributed by atoms with E-state index in [4.69, 9.17) is 0 Å². The maximum Gasteiger partial charge on any atom is 0.332 e. The summed E-state index contributed by atoms with van der Waals surface area (Å²) in [6.45, 7) is 1.48. The number of carbonyl (C=O) groups excluding carboxylic acids is 1. The third kappa shape index (κ3) is 1.72. The Labute approximate surface area is 110 Å². The number of aryl methyl sites for hydroxylation is 1. The number of carbonyl (C=O) groups is 1. The van der Waals surface area contributed by atoms with E-state index < -0.39 is 11.2 Å². The van der Waals surface area contributed by atoms with E-state index in [9.17, 15) is 14.4 Å². The SMILES string of the molecule is CC(=O)Cn1c(Br)nc2c(=O)n(C)c(=O)n(C)c21. The quantitative estimate of drug-likeness (QED) is 0.718. The fourth-order valence-electron chi connectivity index (χ4n) is 1.83. The molecule has 8 heteroatoms. The second kappa shape index (κ2) is 4.20. The van der Waals surface area contributed by atoms with E-state index in [1.54, 1.807) is 0 Å². The molecule has 2 aromatic rings. The van der Waals surface area contributed by atoms with Crippen molar-refractivity contribution in [1.82, 2.24) is 18.7 Å². The average molecular weight is 315 g/mol. The molecular formula is C10H11BrN4O3. The van der Waals surface area contributed by atoms with Crippen molar-refractivity contribution >= 4 is 32.9 Å². The molecule has 0 aromatic carbocycles. The van der Waals surface area contributed by atoms with E-state index in [0.717, 1.165) is 4.57 Å². The van der Waals surface area contributed by atoms with Gasteiger partial charge >= 0.3 is 5.69 Å². The molecule has 0 unspecified atom stereocenters. The molecule has 0 radical (unpaired) electrons. The predicted octanol–water partition coefficient (Wildman–Crippen LogP) is -0.215. The number of ketones is 1. The van der Waals surface area contributed by atoms with E-state index in [-0.39, 0.29) is 17.8 Å². The minimum atomic E-state index is -0.476. The molecule has 7 nitrogen and oxygen atoms in total. The van der Waals surface area contributed by atoms with Crippen LogP contribution in [0.25, 0.3) is 11.2 Å². The molecule has 0 bridgehead atoms. The third-order valence-corrected chi connectivity index (χ3v) is 3.28. The Kier molecular flexibility index (Phi) is 2.97. The zero-order chi connectivity index (χ0) is 13.6. The number of hydrogen-bond acceptors (Lipinski definition) is 4. The average Bonchev–Trinajstić information content (AvgIpc) is 2.61. The molecule has 0 aliphatic heterocycles. The molecule has 0 aliphatic rings. The maximum atomic E-state index is 11.9. The van der Waals surface area contributed by atoms with E-state index in [0.29, 0.717) is 10.4 Å². The summed E-state index contributed by atoms with van der Waals surface area (Å²) in [4.78, 5) is 39.0. The third-order valence-electron chi connectivity index (χ3n) is 2.67. The van der Waals surface area contributed by atoms with Gasteiger partial charge in [0.15, 0.2) is 15.9 Å². The number of rotatable bonds is 2. The number of imidazole rings is 1. The molecule has 0 atom stereocenters. The van der Waals surface area contributed by atoms with Gasteiger partial charge in [0.25, 0.3) is 5.56 Å². The molecule has 2 heterocycles. The van der Waals surface area contributed by atoms with Gasteiger partial charge in [0.2, 0.25) is 0 Å². The zero-order valence-electron chi connectivity index (χ0n) is 10.1. The molecule has 0 aliphatic carbocycles. The summed E-state index contributed by atoms with van der Waals surface area (Å²) < 4.78 is 4.14. The van der Waals surface area contributed by atoms with Gasteiger partial charge in [-0.1, -0.05) is 0 Å². The van der Waals surface area contributed by atoms with Gasteiger partial charge in [-0.05, 0) is 22.9 Å². The topological polar surface area (TPSA) is 78.9 Å². The van der Waals surface area contributed by atoms with Crippen LogP contribution >= 0.6 is 15.9 Å². The molecule has 2 aromatic heterocycles. The van der Waals surface area contributed by atoms with Gasteiger partial charge in [-0.2, -0.15) is 0 Å². The van der Waals surface area contributed by atoms with Gasteiger partial charge in [0, 0.05) is 14.1 Å². The Morgan fingerprint density at radius 2 is 1.89 bits per heavy atom. The number of fused-ring (bicyclic) bond motifs is 1. The smallest absolute Gasteiger partial charge is 0.298 e. The lowest BCUT2D eigenvalue weighted by atomic mass is 10.4. The zero-order valence-corrected chi connectivity index (χ0v) is 11.7. The standard InChI is InChI=1S/C10H11BrN4O3/c1-5(16)4-15-7-6(12-9(15)11)8(17)14(3)10(18)13(7)2/h4H2,1-3H3. The predicted molar refractivity (Wildman–Crippen MR) is 68.6 cm³/mol. The highest BCUT2D eigenvalue weighted by molar-refractivity contribution is 9.10. The van der Waals surface area contributed by atoms with Crippen LogP contribution in [-0.2, 0) is 25.4 Å². The van der Waals surface area contributed by atoms with Crippen LogP contribution in [0, 0.1) is 0 Å². The van der Waals surface area contributed by atoms with E-state index in [2.05, 4.69) is 20.9 Å². The fourth-order valence-corrected chi connectivity index (χ4v) is 2.30. The van der Waals surface area contributed by atoms with Crippen LogP contribution in [0.5, 0.6) is 0 Å². The maximum absolute atomic E-state index is 11.9. The van der Waals surface area contributed by atoms with Crippen LogP contribution in [0.2, 0.25) is 0 Å². The van der Waals surface area contributed by atoms with Crippen molar-refractivity contribution in [2.24, 2.45) is 14.1 Å². The normalized spacial score (nSPS) is 11.1. The number of Topliss-reactive ketones (excluding diaryl/α,β-unsaturated/α-hetero) is 1. The molecule has 2 rings (SSSR count). The first-order valence-electron chi connectivity index (χ1n) is 5.15. The van der Waals surface area contributed by atoms with Crippen LogP contribution in [0.3, 0.4) is 0 Å². The fraction of sp³-hybridized carbons (Fsp3) is 0.400. The van der Waals surface area contributed by atoms with E-state index in [1.807, 2.05) is 0 Å². The van der Waals surface area contributed by atoms with Crippen LogP contribution in [-0.4, -0.2) is 24.5 Å². The van der Waals surface area contributed by atoms with Gasteiger partial charge in [-0.3, -0.25) is 23.3 Å². The molecule has 0 amide bonds. The Morgan fingerprint density at radius 3 is 2.44 bits per heavy atom. The first-order valence-corrected chi connectivity index (χ1v) is 5.95. The van der Waals surface area contributed by atoms with Crippen LogP contribution in [0.1, 0.15) is 6.92 Å². The van der Waals surface area contributed by atoms with Crippen LogP contribution < -0.4 is 11.2 Å². The van der Waals surface area contributed by atoms with Crippen molar-refractivity contribution in [3.63, 3.8) is 0 Å². The molecule has 96 valence electrons. The van der Waals surface area contributed by atoms with Crippen LogP contribution in [0.4, 0.5) is 0 Å². The first kappa shape index (κ1) is 12.7. The second-order valence-electron chi connectivity index (χ2n) is 4.05. The summed E-state index contributed by atoms with van der Waals surface area (Å²) in [5.41, 5.74) is -0.432. The molecule has 0 saturated heterocycles. The van der Waals surface area contributed by atoms with Gasteiger partial charge in [-0.25, -0.2) is 9.78 Å². The summed E-state index contributed by atoms with van der Waals surface area (Å²) >= 11 is 3.19. The lowest BCUT2D eigenvalue weighted by Crippen LogP contribution is -2.37. The molecule has 0 fully saturated rings. The van der Waals surface area contributed by atoms with Crippen molar-refractivity contribution in [3.8, 4) is 0 Å². The molecule has 0 spiro atoms. The van der Waals surface area contributed by atoms with Crippen molar-refractivity contribution in [2.75, 3.05) is 0 Å². The number of aromatic nitrogens is 4. The monoisotopic (exact) mass is 314 g/mol. The second-order valence-corrected chi connectivity index (χ2v) is 4.76. The largest absolute Gasteiger partial charge is 0.332 e. The molecule has 0 saturated carbocycles. The van der Waals surface area contributed by atoms with Crippen molar-refractivity contribution in [1.29, 1.82) is 0 Å². The van der Waals surface area contributed by atoms with E-state index in [1.165, 1.54) is 30.2 Å². The highest BCUT2D eigenvalue weighted by atomic mass is 79.9. The minimum Gasteiger partial charge on any atom is -0.298 e. The molecular weight excluding hydrogens is 304 g/mol. The lowest BCUT2D eigenvalue weighted by Gasteiger charge is -2.07. The van der Waals surface area contributed by atoms with Gasteiger partial charge in [-0.15, -0.1) is 0 Å². The van der Waals surface area contributed by atoms with Gasteiger partial charge < -0.3 is 0 Å². The Balaban J connectivity index is 2.99. The highest BCUT2D eigenvalue weighted by Gasteiger charge is 2.18. The summed E-state index contributed by atoms with van der Waals surface area (Å²) in [6, 6.07) is 0. The summed E-state index contributed by atoms with van der Waals surface area (Å²) in [5, 5.41) is 0. The lowest BCUT2D eigenvalue weighted by molar-refractivity contribution is -0.117. The van der Waals surface area contributed by atoms with Crippen LogP contribution in [0.15, 0.2) is 14.3 Å². The number of halogens is 1.